The zero-order valence-corrected chi connectivity index (χ0v) is 12.8. The maximum Gasteiger partial charge on any atom is 0.312 e. The van der Waals surface area contributed by atoms with Gasteiger partial charge in [-0.15, -0.1) is 0 Å². The largest absolute Gasteiger partial charge is 0.492 e. The number of carboxylic acids is 1. The topological polar surface area (TPSA) is 76.0 Å². The second kappa shape index (κ2) is 5.22. The molecule has 0 radical (unpaired) electrons. The highest BCUT2D eigenvalue weighted by molar-refractivity contribution is 5.73. The molecule has 1 aromatic carbocycles. The lowest BCUT2D eigenvalue weighted by atomic mass is 9.92. The maximum absolute atomic E-state index is 11.1. The summed E-state index contributed by atoms with van der Waals surface area (Å²) in [6.07, 6.45) is -0.0278. The molecule has 1 unspecified atom stereocenters. The third kappa shape index (κ3) is 3.47. The Bertz CT molecular complexity index is 548. The van der Waals surface area contributed by atoms with Gasteiger partial charge < -0.3 is 19.7 Å². The molecule has 0 saturated carbocycles. The lowest BCUT2D eigenvalue weighted by Crippen LogP contribution is -2.34. The van der Waals surface area contributed by atoms with Crippen molar-refractivity contribution < 1.29 is 24.5 Å². The van der Waals surface area contributed by atoms with Crippen molar-refractivity contribution in [2.45, 2.75) is 45.8 Å². The van der Waals surface area contributed by atoms with Crippen LogP contribution in [0.3, 0.4) is 0 Å². The summed E-state index contributed by atoms with van der Waals surface area (Å²) in [4.78, 5) is 11.1. The van der Waals surface area contributed by atoms with E-state index in [9.17, 15) is 9.90 Å². The first kappa shape index (κ1) is 15.6. The molecule has 21 heavy (non-hydrogen) atoms. The van der Waals surface area contributed by atoms with E-state index in [1.165, 1.54) is 0 Å². The molecule has 1 heterocycles. The molecule has 2 N–H and O–H groups in total. The number of benzene rings is 1. The monoisotopic (exact) mass is 294 g/mol. The number of hydrogen-bond acceptors (Lipinski definition) is 4. The molecule has 1 aromatic rings. The van der Waals surface area contributed by atoms with E-state index in [4.69, 9.17) is 14.6 Å². The second-order valence-corrected chi connectivity index (χ2v) is 6.76. The summed E-state index contributed by atoms with van der Waals surface area (Å²) in [5.74, 6) is 0.214. The molecule has 1 aliphatic heterocycles. The van der Waals surface area contributed by atoms with Crippen LogP contribution >= 0.6 is 0 Å². The fourth-order valence-corrected chi connectivity index (χ4v) is 2.21. The number of aliphatic hydroxyl groups excluding tert-OH is 1. The molecule has 0 saturated heterocycles. The molecule has 5 nitrogen and oxygen atoms in total. The van der Waals surface area contributed by atoms with E-state index in [1.807, 2.05) is 13.8 Å². The average molecular weight is 294 g/mol. The Balaban J connectivity index is 2.16. The first-order chi connectivity index (χ1) is 9.61. The van der Waals surface area contributed by atoms with E-state index in [0.29, 0.717) is 17.9 Å². The van der Waals surface area contributed by atoms with Crippen LogP contribution in [-0.2, 0) is 4.79 Å². The number of aliphatic carboxylic acids is 1. The van der Waals surface area contributed by atoms with Crippen LogP contribution in [0.5, 0.6) is 11.5 Å². The molecule has 0 bridgehead atoms. The summed E-state index contributed by atoms with van der Waals surface area (Å²) in [5.41, 5.74) is -0.667. The average Bonchev–Trinajstić information content (AvgIpc) is 2.34. The molecule has 0 aromatic heterocycles. The molecular weight excluding hydrogens is 272 g/mol. The van der Waals surface area contributed by atoms with E-state index < -0.39 is 23.1 Å². The van der Waals surface area contributed by atoms with E-state index in [1.54, 1.807) is 32.0 Å². The van der Waals surface area contributed by atoms with Crippen molar-refractivity contribution >= 4 is 5.97 Å². The van der Waals surface area contributed by atoms with Crippen LogP contribution in [0.1, 0.15) is 45.8 Å². The SMILES string of the molecule is CC1(C)CC(O)c2ccc(OCC(C)(C)C(=O)O)cc2O1. The quantitative estimate of drug-likeness (QED) is 0.893. The summed E-state index contributed by atoms with van der Waals surface area (Å²) >= 11 is 0. The van der Waals surface area contributed by atoms with Gasteiger partial charge in [0.1, 0.15) is 23.7 Å². The molecule has 0 fully saturated rings. The Kier molecular flexibility index (Phi) is 3.89. The van der Waals surface area contributed by atoms with Crippen molar-refractivity contribution in [3.05, 3.63) is 23.8 Å². The second-order valence-electron chi connectivity index (χ2n) is 6.76. The van der Waals surface area contributed by atoms with E-state index in [-0.39, 0.29) is 6.61 Å². The van der Waals surface area contributed by atoms with Crippen molar-refractivity contribution in [3.8, 4) is 11.5 Å². The zero-order chi connectivity index (χ0) is 15.8. The van der Waals surface area contributed by atoms with Gasteiger partial charge >= 0.3 is 5.97 Å². The van der Waals surface area contributed by atoms with Gasteiger partial charge in [0.05, 0.1) is 11.5 Å². The number of fused-ring (bicyclic) bond motifs is 1. The third-order valence-electron chi connectivity index (χ3n) is 3.59. The van der Waals surface area contributed by atoms with Gasteiger partial charge in [0, 0.05) is 18.1 Å². The highest BCUT2D eigenvalue weighted by Gasteiger charge is 2.33. The van der Waals surface area contributed by atoms with Gasteiger partial charge in [-0.05, 0) is 39.8 Å². The molecule has 0 spiro atoms. The number of ether oxygens (including phenoxy) is 2. The maximum atomic E-state index is 11.1. The van der Waals surface area contributed by atoms with E-state index >= 15 is 0 Å². The van der Waals surface area contributed by atoms with Crippen molar-refractivity contribution in [1.29, 1.82) is 0 Å². The third-order valence-corrected chi connectivity index (χ3v) is 3.59. The van der Waals surface area contributed by atoms with Gasteiger partial charge in [-0.1, -0.05) is 0 Å². The molecule has 0 aliphatic carbocycles. The smallest absolute Gasteiger partial charge is 0.312 e. The fourth-order valence-electron chi connectivity index (χ4n) is 2.21. The number of carboxylic acid groups (broad SMARTS) is 1. The Labute approximate surface area is 124 Å². The van der Waals surface area contributed by atoms with Gasteiger partial charge in [0.15, 0.2) is 0 Å². The number of carbonyl (C=O) groups is 1. The predicted octanol–water partition coefficient (Wildman–Crippen LogP) is 2.77. The lowest BCUT2D eigenvalue weighted by molar-refractivity contribution is -0.148. The van der Waals surface area contributed by atoms with Crippen LogP contribution in [0.25, 0.3) is 0 Å². The van der Waals surface area contributed by atoms with E-state index in [0.717, 1.165) is 5.56 Å². The number of rotatable bonds is 4. The van der Waals surface area contributed by atoms with Gasteiger partial charge in [0.2, 0.25) is 0 Å². The Morgan fingerprint density at radius 1 is 1.48 bits per heavy atom. The number of hydrogen-bond donors (Lipinski definition) is 2. The van der Waals surface area contributed by atoms with Crippen molar-refractivity contribution in [2.75, 3.05) is 6.61 Å². The highest BCUT2D eigenvalue weighted by atomic mass is 16.5. The number of aliphatic hydroxyl groups is 1. The van der Waals surface area contributed by atoms with Crippen LogP contribution in [0, 0.1) is 5.41 Å². The molecule has 1 aliphatic rings. The summed E-state index contributed by atoms with van der Waals surface area (Å²) in [6.45, 7) is 7.11. The molecule has 0 amide bonds. The first-order valence-corrected chi connectivity index (χ1v) is 6.98. The highest BCUT2D eigenvalue weighted by Crippen LogP contribution is 2.41. The Morgan fingerprint density at radius 2 is 2.14 bits per heavy atom. The Morgan fingerprint density at radius 3 is 2.76 bits per heavy atom. The summed E-state index contributed by atoms with van der Waals surface area (Å²) in [7, 11) is 0. The zero-order valence-electron chi connectivity index (χ0n) is 12.8. The molecule has 1 atom stereocenters. The molecule has 5 heteroatoms. The van der Waals surface area contributed by atoms with Crippen molar-refractivity contribution in [3.63, 3.8) is 0 Å². The molecular formula is C16H22O5. The fraction of sp³-hybridized carbons (Fsp3) is 0.562. The minimum atomic E-state index is -0.963. The minimum Gasteiger partial charge on any atom is -0.492 e. The Hall–Kier alpha value is -1.75. The van der Waals surface area contributed by atoms with Crippen LogP contribution in [-0.4, -0.2) is 28.4 Å². The van der Waals surface area contributed by atoms with Crippen molar-refractivity contribution in [2.24, 2.45) is 5.41 Å². The van der Waals surface area contributed by atoms with Gasteiger partial charge in [-0.2, -0.15) is 0 Å². The normalized spacial score (nSPS) is 20.3. The van der Waals surface area contributed by atoms with E-state index in [2.05, 4.69) is 0 Å². The summed E-state index contributed by atoms with van der Waals surface area (Å²) < 4.78 is 11.4. The standard InChI is InChI=1S/C16H22O5/c1-15(2,14(18)19)9-20-10-5-6-11-12(17)8-16(3,4)21-13(11)7-10/h5-7,12,17H,8-9H2,1-4H3,(H,18,19). The summed E-state index contributed by atoms with van der Waals surface area (Å²) in [6, 6.07) is 5.19. The van der Waals surface area contributed by atoms with Crippen LogP contribution in [0.15, 0.2) is 18.2 Å². The van der Waals surface area contributed by atoms with Crippen LogP contribution in [0.4, 0.5) is 0 Å². The predicted molar refractivity (Wildman–Crippen MR) is 77.6 cm³/mol. The lowest BCUT2D eigenvalue weighted by Gasteiger charge is -2.35. The van der Waals surface area contributed by atoms with Crippen molar-refractivity contribution in [1.82, 2.24) is 0 Å². The van der Waals surface area contributed by atoms with Crippen LogP contribution in [0.2, 0.25) is 0 Å². The molecule has 2 rings (SSSR count). The van der Waals surface area contributed by atoms with Crippen LogP contribution < -0.4 is 9.47 Å². The van der Waals surface area contributed by atoms with Gasteiger partial charge in [-0.25, -0.2) is 0 Å². The minimum absolute atomic E-state index is 0.0626. The summed E-state index contributed by atoms with van der Waals surface area (Å²) in [5, 5.41) is 19.2. The first-order valence-electron chi connectivity index (χ1n) is 6.98. The van der Waals surface area contributed by atoms with Gasteiger partial charge in [0.25, 0.3) is 0 Å². The van der Waals surface area contributed by atoms with Gasteiger partial charge in [-0.3, -0.25) is 4.79 Å². The molecule has 116 valence electrons.